The number of carbonyl (C=O) groups excluding carboxylic acids is 1. The minimum absolute atomic E-state index is 0.262. The van der Waals surface area contributed by atoms with E-state index < -0.39 is 0 Å². The van der Waals surface area contributed by atoms with Crippen molar-refractivity contribution in [2.75, 3.05) is 24.8 Å². The predicted octanol–water partition coefficient (Wildman–Crippen LogP) is 5.11. The first kappa shape index (κ1) is 18.5. The SMILES string of the molecule is CCOc1ccc(NC(=O)c2cc(SC)ccc2Cl)cc1OCC. The first-order chi connectivity index (χ1) is 11.6. The molecule has 6 heteroatoms. The highest BCUT2D eigenvalue weighted by atomic mass is 35.5. The van der Waals surface area contributed by atoms with E-state index >= 15 is 0 Å². The number of nitrogens with one attached hydrogen (secondary N) is 1. The molecule has 2 rings (SSSR count). The molecule has 4 nitrogen and oxygen atoms in total. The number of anilines is 1. The molecule has 0 aliphatic rings. The predicted molar refractivity (Wildman–Crippen MR) is 100.0 cm³/mol. The molecule has 0 aliphatic heterocycles. The summed E-state index contributed by atoms with van der Waals surface area (Å²) in [5, 5.41) is 3.27. The maximum Gasteiger partial charge on any atom is 0.257 e. The number of hydrogen-bond acceptors (Lipinski definition) is 4. The minimum atomic E-state index is -0.262. The standard InChI is InChI=1S/C18H20ClNO3S/c1-4-22-16-9-6-12(10-17(16)23-5-2)20-18(21)14-11-13(24-3)7-8-15(14)19/h6-11H,4-5H2,1-3H3,(H,20,21). The summed E-state index contributed by atoms with van der Waals surface area (Å²) in [6.07, 6.45) is 1.95. The van der Waals surface area contributed by atoms with Crippen LogP contribution >= 0.6 is 23.4 Å². The molecule has 0 radical (unpaired) electrons. The normalized spacial score (nSPS) is 10.3. The molecule has 128 valence electrons. The van der Waals surface area contributed by atoms with Gasteiger partial charge in [0.15, 0.2) is 11.5 Å². The van der Waals surface area contributed by atoms with Gasteiger partial charge in [-0.2, -0.15) is 0 Å². The molecule has 0 unspecified atom stereocenters. The number of thioether (sulfide) groups is 1. The maximum atomic E-state index is 12.5. The van der Waals surface area contributed by atoms with Crippen LogP contribution in [0.1, 0.15) is 24.2 Å². The van der Waals surface area contributed by atoms with Crippen LogP contribution in [0.3, 0.4) is 0 Å². The molecule has 24 heavy (non-hydrogen) atoms. The van der Waals surface area contributed by atoms with Crippen molar-refractivity contribution in [1.82, 2.24) is 0 Å². The van der Waals surface area contributed by atoms with Gasteiger partial charge in [-0.3, -0.25) is 4.79 Å². The smallest absolute Gasteiger partial charge is 0.257 e. The summed E-state index contributed by atoms with van der Waals surface area (Å²) < 4.78 is 11.1. The van der Waals surface area contributed by atoms with Crippen LogP contribution in [0.2, 0.25) is 5.02 Å². The van der Waals surface area contributed by atoms with Crippen molar-refractivity contribution < 1.29 is 14.3 Å². The largest absolute Gasteiger partial charge is 0.490 e. The number of hydrogen-bond donors (Lipinski definition) is 1. The molecule has 2 aromatic carbocycles. The van der Waals surface area contributed by atoms with Crippen molar-refractivity contribution in [2.45, 2.75) is 18.7 Å². The van der Waals surface area contributed by atoms with E-state index in [-0.39, 0.29) is 5.91 Å². The highest BCUT2D eigenvalue weighted by Crippen LogP contribution is 2.31. The maximum absolute atomic E-state index is 12.5. The molecule has 2 aromatic rings. The molecule has 0 aliphatic carbocycles. The molecule has 0 heterocycles. The average molecular weight is 366 g/mol. The van der Waals surface area contributed by atoms with Crippen molar-refractivity contribution >= 4 is 35.0 Å². The third kappa shape index (κ3) is 4.58. The highest BCUT2D eigenvalue weighted by molar-refractivity contribution is 7.98. The average Bonchev–Trinajstić information content (AvgIpc) is 2.58. The van der Waals surface area contributed by atoms with E-state index in [4.69, 9.17) is 21.1 Å². The van der Waals surface area contributed by atoms with Crippen molar-refractivity contribution in [3.05, 3.63) is 47.0 Å². The highest BCUT2D eigenvalue weighted by Gasteiger charge is 2.13. The van der Waals surface area contributed by atoms with Crippen molar-refractivity contribution in [2.24, 2.45) is 0 Å². The van der Waals surface area contributed by atoms with Crippen molar-refractivity contribution in [3.63, 3.8) is 0 Å². The molecule has 1 N–H and O–H groups in total. The zero-order valence-corrected chi connectivity index (χ0v) is 15.5. The Morgan fingerprint density at radius 1 is 1.08 bits per heavy atom. The van der Waals surface area contributed by atoms with Crippen LogP contribution in [0.5, 0.6) is 11.5 Å². The van der Waals surface area contributed by atoms with Crippen LogP contribution in [-0.4, -0.2) is 25.4 Å². The summed E-state index contributed by atoms with van der Waals surface area (Å²) in [6, 6.07) is 10.7. The van der Waals surface area contributed by atoms with Crippen LogP contribution in [0.15, 0.2) is 41.3 Å². The van der Waals surface area contributed by atoms with Gasteiger partial charge >= 0.3 is 0 Å². The summed E-state index contributed by atoms with van der Waals surface area (Å²) in [4.78, 5) is 13.5. The lowest BCUT2D eigenvalue weighted by atomic mass is 10.2. The van der Waals surface area contributed by atoms with Gasteiger partial charge in [0.1, 0.15) is 0 Å². The van der Waals surface area contributed by atoms with E-state index in [1.165, 1.54) is 0 Å². The van der Waals surface area contributed by atoms with Crippen LogP contribution in [0.4, 0.5) is 5.69 Å². The molecular formula is C18H20ClNO3S. The van der Waals surface area contributed by atoms with Gasteiger partial charge in [-0.25, -0.2) is 0 Å². The summed E-state index contributed by atoms with van der Waals surface area (Å²) in [5.74, 6) is 0.989. The van der Waals surface area contributed by atoms with Gasteiger partial charge in [0, 0.05) is 16.6 Å². The number of carbonyl (C=O) groups is 1. The van der Waals surface area contributed by atoms with E-state index in [1.807, 2.05) is 26.2 Å². The third-order valence-electron chi connectivity index (χ3n) is 3.22. The third-order valence-corrected chi connectivity index (χ3v) is 4.27. The molecule has 0 bridgehead atoms. The summed E-state index contributed by atoms with van der Waals surface area (Å²) >= 11 is 7.70. The van der Waals surface area contributed by atoms with Gasteiger partial charge in [-0.05, 0) is 50.4 Å². The van der Waals surface area contributed by atoms with Gasteiger partial charge in [-0.15, -0.1) is 11.8 Å². The second kappa shape index (κ2) is 8.85. The first-order valence-corrected chi connectivity index (χ1v) is 9.23. The number of rotatable bonds is 7. The molecule has 0 fully saturated rings. The number of amides is 1. The minimum Gasteiger partial charge on any atom is -0.490 e. The Morgan fingerprint density at radius 2 is 1.79 bits per heavy atom. The molecule has 0 saturated heterocycles. The van der Waals surface area contributed by atoms with E-state index in [0.29, 0.717) is 41.0 Å². The molecule has 0 spiro atoms. The van der Waals surface area contributed by atoms with E-state index in [1.54, 1.807) is 42.1 Å². The molecule has 0 saturated carbocycles. The van der Waals surface area contributed by atoms with E-state index in [9.17, 15) is 4.79 Å². The Balaban J connectivity index is 2.24. The number of halogens is 1. The van der Waals surface area contributed by atoms with Gasteiger partial charge in [0.2, 0.25) is 0 Å². The Bertz CT molecular complexity index is 721. The van der Waals surface area contributed by atoms with Crippen molar-refractivity contribution in [3.8, 4) is 11.5 Å². The Morgan fingerprint density at radius 3 is 2.46 bits per heavy atom. The lowest BCUT2D eigenvalue weighted by Gasteiger charge is -2.13. The lowest BCUT2D eigenvalue weighted by Crippen LogP contribution is -2.13. The van der Waals surface area contributed by atoms with Gasteiger partial charge < -0.3 is 14.8 Å². The fourth-order valence-electron chi connectivity index (χ4n) is 2.13. The molecule has 1 amide bonds. The quantitative estimate of drug-likeness (QED) is 0.692. The lowest BCUT2D eigenvalue weighted by molar-refractivity contribution is 0.102. The van der Waals surface area contributed by atoms with Gasteiger partial charge in [-0.1, -0.05) is 11.6 Å². The number of ether oxygens (including phenoxy) is 2. The van der Waals surface area contributed by atoms with Crippen LogP contribution in [0.25, 0.3) is 0 Å². The Kier molecular flexibility index (Phi) is 6.82. The molecule has 0 atom stereocenters. The van der Waals surface area contributed by atoms with Gasteiger partial charge in [0.05, 0.1) is 23.8 Å². The fraction of sp³-hybridized carbons (Fsp3) is 0.278. The summed E-state index contributed by atoms with van der Waals surface area (Å²) in [6.45, 7) is 4.86. The second-order valence-corrected chi connectivity index (χ2v) is 6.11. The summed E-state index contributed by atoms with van der Waals surface area (Å²) in [7, 11) is 0. The summed E-state index contributed by atoms with van der Waals surface area (Å²) in [5.41, 5.74) is 1.06. The van der Waals surface area contributed by atoms with Crippen molar-refractivity contribution in [1.29, 1.82) is 0 Å². The fourth-order valence-corrected chi connectivity index (χ4v) is 2.78. The second-order valence-electron chi connectivity index (χ2n) is 4.83. The van der Waals surface area contributed by atoms with E-state index in [2.05, 4.69) is 5.32 Å². The van der Waals surface area contributed by atoms with Crippen LogP contribution < -0.4 is 14.8 Å². The number of benzene rings is 2. The Labute approximate surface area is 151 Å². The topological polar surface area (TPSA) is 47.6 Å². The van der Waals surface area contributed by atoms with Crippen LogP contribution in [-0.2, 0) is 0 Å². The van der Waals surface area contributed by atoms with Gasteiger partial charge in [0.25, 0.3) is 5.91 Å². The zero-order valence-electron chi connectivity index (χ0n) is 13.9. The Hall–Kier alpha value is -1.85. The molecular weight excluding hydrogens is 346 g/mol. The molecule has 0 aromatic heterocycles. The monoisotopic (exact) mass is 365 g/mol. The van der Waals surface area contributed by atoms with E-state index in [0.717, 1.165) is 4.90 Å². The van der Waals surface area contributed by atoms with Crippen LogP contribution in [0, 0.1) is 0 Å². The zero-order chi connectivity index (χ0) is 17.5. The first-order valence-electron chi connectivity index (χ1n) is 7.63.